The summed E-state index contributed by atoms with van der Waals surface area (Å²) in [4.78, 5) is 10.3. The van der Waals surface area contributed by atoms with E-state index in [9.17, 15) is 8.78 Å². The molecular weight excluding hydrogens is 370 g/mol. The summed E-state index contributed by atoms with van der Waals surface area (Å²) in [6, 6.07) is 7.07. The van der Waals surface area contributed by atoms with E-state index in [1.165, 1.54) is 4.88 Å². The normalized spacial score (nSPS) is 11.7. The van der Waals surface area contributed by atoms with Gasteiger partial charge in [0.05, 0.1) is 17.2 Å². The highest BCUT2D eigenvalue weighted by Gasteiger charge is 2.06. The van der Waals surface area contributed by atoms with Crippen LogP contribution in [0.3, 0.4) is 0 Å². The van der Waals surface area contributed by atoms with Gasteiger partial charge in [-0.25, -0.2) is 18.8 Å². The van der Waals surface area contributed by atoms with Gasteiger partial charge >= 0.3 is 0 Å². The molecule has 0 aliphatic heterocycles. The Morgan fingerprint density at radius 3 is 2.78 bits per heavy atom. The van der Waals surface area contributed by atoms with Gasteiger partial charge in [0.25, 0.3) is 6.43 Å². The number of nitrogens with zero attached hydrogens (tertiary/aromatic N) is 2. The Kier molecular flexibility index (Phi) is 8.44. The lowest BCUT2D eigenvalue weighted by Gasteiger charge is -2.11. The van der Waals surface area contributed by atoms with E-state index in [-0.39, 0.29) is 0 Å². The minimum absolute atomic E-state index is 0.426. The predicted molar refractivity (Wildman–Crippen MR) is 106 cm³/mol. The third-order valence-corrected chi connectivity index (χ3v) is 4.88. The van der Waals surface area contributed by atoms with Gasteiger partial charge < -0.3 is 15.4 Å². The summed E-state index contributed by atoms with van der Waals surface area (Å²) < 4.78 is 29.6. The zero-order chi connectivity index (χ0) is 19.6. The van der Waals surface area contributed by atoms with Gasteiger partial charge in [-0.3, -0.25) is 0 Å². The van der Waals surface area contributed by atoms with Crippen molar-refractivity contribution in [3.63, 3.8) is 0 Å². The van der Waals surface area contributed by atoms with Crippen molar-refractivity contribution in [2.45, 2.75) is 40.2 Å². The fourth-order valence-electron chi connectivity index (χ4n) is 2.34. The number of benzene rings is 1. The van der Waals surface area contributed by atoms with Crippen molar-refractivity contribution in [3.8, 4) is 5.75 Å². The predicted octanol–water partition coefficient (Wildman–Crippen LogP) is 3.70. The van der Waals surface area contributed by atoms with Crippen molar-refractivity contribution in [1.29, 1.82) is 0 Å². The van der Waals surface area contributed by atoms with E-state index in [0.717, 1.165) is 35.8 Å². The number of guanidine groups is 1. The van der Waals surface area contributed by atoms with Gasteiger partial charge in [-0.15, -0.1) is 11.3 Å². The van der Waals surface area contributed by atoms with Gasteiger partial charge in [-0.2, -0.15) is 0 Å². The van der Waals surface area contributed by atoms with E-state index in [1.54, 1.807) is 29.5 Å². The summed E-state index contributed by atoms with van der Waals surface area (Å²) in [5.74, 6) is 1.14. The Balaban J connectivity index is 1.89. The van der Waals surface area contributed by atoms with Crippen LogP contribution >= 0.6 is 11.3 Å². The molecule has 5 nitrogen and oxygen atoms in total. The molecule has 0 atom stereocenters. The third kappa shape index (κ3) is 7.50. The van der Waals surface area contributed by atoms with Gasteiger partial charge in [0.2, 0.25) is 0 Å². The van der Waals surface area contributed by atoms with Gasteiger partial charge in [-0.05, 0) is 38.5 Å². The Hall–Kier alpha value is -2.22. The van der Waals surface area contributed by atoms with Crippen LogP contribution in [0.1, 0.15) is 28.1 Å². The molecule has 0 fully saturated rings. The van der Waals surface area contributed by atoms with Crippen LogP contribution < -0.4 is 15.4 Å². The number of hydrogen-bond donors (Lipinski definition) is 2. The minimum Gasteiger partial charge on any atom is -0.488 e. The molecule has 1 aromatic heterocycles. The summed E-state index contributed by atoms with van der Waals surface area (Å²) in [6.45, 7) is 7.41. The molecule has 1 aromatic carbocycles. The average Bonchev–Trinajstić information content (AvgIpc) is 2.96. The second-order valence-electron chi connectivity index (χ2n) is 5.97. The van der Waals surface area contributed by atoms with E-state index in [4.69, 9.17) is 4.74 Å². The van der Waals surface area contributed by atoms with Crippen LogP contribution in [0.25, 0.3) is 0 Å². The quantitative estimate of drug-likeness (QED) is 0.501. The van der Waals surface area contributed by atoms with Crippen molar-refractivity contribution in [2.24, 2.45) is 4.99 Å². The lowest BCUT2D eigenvalue weighted by molar-refractivity contribution is 0.0818. The Labute approximate surface area is 162 Å². The number of aromatic nitrogens is 1. The number of rotatable bonds is 9. The molecule has 2 aromatic rings. The maximum Gasteiger partial charge on any atom is 0.272 e. The van der Waals surface area contributed by atoms with Crippen molar-refractivity contribution in [2.75, 3.05) is 19.7 Å². The molecule has 0 aliphatic rings. The number of thiazole rings is 1. The van der Waals surface area contributed by atoms with Crippen molar-refractivity contribution >= 4 is 17.3 Å². The summed E-state index contributed by atoms with van der Waals surface area (Å²) in [6.07, 6.45) is -1.65. The van der Waals surface area contributed by atoms with Crippen molar-refractivity contribution in [3.05, 3.63) is 45.4 Å². The first-order chi connectivity index (χ1) is 13.0. The highest BCUT2D eigenvalue weighted by atomic mass is 32.1. The third-order valence-electron chi connectivity index (χ3n) is 3.74. The minimum atomic E-state index is -2.48. The molecule has 0 unspecified atom stereocenters. The molecule has 0 saturated carbocycles. The first-order valence-electron chi connectivity index (χ1n) is 8.93. The molecule has 1 heterocycles. The van der Waals surface area contributed by atoms with Crippen molar-refractivity contribution in [1.82, 2.24) is 15.6 Å². The van der Waals surface area contributed by atoms with Crippen LogP contribution in [0, 0.1) is 13.8 Å². The molecule has 27 heavy (non-hydrogen) atoms. The van der Waals surface area contributed by atoms with Crippen LogP contribution in [-0.4, -0.2) is 37.1 Å². The lowest BCUT2D eigenvalue weighted by atomic mass is 10.2. The molecule has 0 radical (unpaired) electrons. The number of halogens is 2. The molecule has 148 valence electrons. The van der Waals surface area contributed by atoms with Crippen LogP contribution in [-0.2, 0) is 13.0 Å². The Morgan fingerprint density at radius 1 is 1.30 bits per heavy atom. The zero-order valence-electron chi connectivity index (χ0n) is 15.9. The van der Waals surface area contributed by atoms with Gasteiger partial charge in [0.15, 0.2) is 5.96 Å². The smallest absolute Gasteiger partial charge is 0.272 e. The number of aryl methyl sites for hydroxylation is 2. The Morgan fingerprint density at radius 2 is 2.11 bits per heavy atom. The molecule has 0 spiro atoms. The zero-order valence-corrected chi connectivity index (χ0v) is 16.7. The molecule has 2 N–H and O–H groups in total. The van der Waals surface area contributed by atoms with Gasteiger partial charge in [0.1, 0.15) is 12.4 Å². The molecule has 0 amide bonds. The van der Waals surface area contributed by atoms with Gasteiger partial charge in [-0.1, -0.05) is 12.1 Å². The number of nitrogens with one attached hydrogen (secondary N) is 2. The molecule has 0 aliphatic carbocycles. The van der Waals surface area contributed by atoms with Crippen LogP contribution in [0.5, 0.6) is 5.75 Å². The van der Waals surface area contributed by atoms with E-state index >= 15 is 0 Å². The van der Waals surface area contributed by atoms with E-state index in [0.29, 0.717) is 18.3 Å². The van der Waals surface area contributed by atoms with Gasteiger partial charge in [0, 0.05) is 24.4 Å². The van der Waals surface area contributed by atoms with E-state index in [2.05, 4.69) is 27.5 Å². The molecule has 2 rings (SSSR count). The summed E-state index contributed by atoms with van der Waals surface area (Å²) in [5.41, 5.74) is 1.98. The maximum atomic E-state index is 12.3. The van der Waals surface area contributed by atoms with Crippen LogP contribution in [0.2, 0.25) is 0 Å². The monoisotopic (exact) mass is 396 g/mol. The largest absolute Gasteiger partial charge is 0.488 e. The molecule has 0 saturated heterocycles. The first-order valence-corrected chi connectivity index (χ1v) is 9.74. The molecular formula is C19H26F2N4OS. The van der Waals surface area contributed by atoms with Crippen molar-refractivity contribution < 1.29 is 13.5 Å². The summed E-state index contributed by atoms with van der Waals surface area (Å²) in [7, 11) is 0. The average molecular weight is 397 g/mol. The number of ether oxygens (including phenoxy) is 1. The fraction of sp³-hybridized carbons (Fsp3) is 0.474. The van der Waals surface area contributed by atoms with Crippen LogP contribution in [0.15, 0.2) is 29.3 Å². The number of hydrogen-bond acceptors (Lipinski definition) is 4. The second kappa shape index (κ2) is 10.8. The molecule has 0 bridgehead atoms. The van der Waals surface area contributed by atoms with E-state index < -0.39 is 13.0 Å². The number of aliphatic imine (C=N–C) groups is 1. The number of alkyl halides is 2. The SMILES string of the molecule is CCNC(=NCc1cccc(OCC(F)F)c1)NCCc1nc(C)c(C)s1. The summed E-state index contributed by atoms with van der Waals surface area (Å²) in [5, 5.41) is 7.61. The maximum absolute atomic E-state index is 12.3. The molecule has 8 heteroatoms. The Bertz CT molecular complexity index is 730. The highest BCUT2D eigenvalue weighted by molar-refractivity contribution is 7.11. The fourth-order valence-corrected chi connectivity index (χ4v) is 3.27. The summed E-state index contributed by atoms with van der Waals surface area (Å²) >= 11 is 1.72. The standard InChI is InChI=1S/C19H26F2N4OS/c1-4-22-19(23-9-8-18-25-13(2)14(3)27-18)24-11-15-6-5-7-16(10-15)26-12-17(20)21/h5-7,10,17H,4,8-9,11-12H2,1-3H3,(H2,22,23,24). The lowest BCUT2D eigenvalue weighted by Crippen LogP contribution is -2.38. The topological polar surface area (TPSA) is 58.5 Å². The highest BCUT2D eigenvalue weighted by Crippen LogP contribution is 2.16. The first kappa shape index (κ1) is 21.1. The van der Waals surface area contributed by atoms with E-state index in [1.807, 2.05) is 19.9 Å². The van der Waals surface area contributed by atoms with Crippen LogP contribution in [0.4, 0.5) is 8.78 Å². The second-order valence-corrected chi connectivity index (χ2v) is 7.26.